The number of likely N-dealkylation sites (tertiary alicyclic amines) is 1. The summed E-state index contributed by atoms with van der Waals surface area (Å²) in [5.74, 6) is -0.872. The molecule has 1 aromatic carbocycles. The highest BCUT2D eigenvalue weighted by atomic mass is 127. The van der Waals surface area contributed by atoms with E-state index in [1.807, 2.05) is 20.8 Å². The Morgan fingerprint density at radius 1 is 1.20 bits per heavy atom. The van der Waals surface area contributed by atoms with Crippen molar-refractivity contribution in [3.63, 3.8) is 0 Å². The number of hydrogen-bond donors (Lipinski definition) is 1. The third-order valence-electron chi connectivity index (χ3n) is 4.80. The molecule has 1 aliphatic carbocycles. The molecule has 2 aliphatic rings. The number of halogens is 3. The lowest BCUT2D eigenvalue weighted by atomic mass is 10.0. The number of nitrogens with zero attached hydrogens (tertiary/aromatic N) is 1. The van der Waals surface area contributed by atoms with Crippen LogP contribution >= 0.6 is 22.6 Å². The maximum Gasteiger partial charge on any atom is 0.410 e. The number of ether oxygens (including phenoxy) is 1. The minimum Gasteiger partial charge on any atom is -0.444 e. The highest BCUT2D eigenvalue weighted by molar-refractivity contribution is 14.1. The molecule has 3 rings (SSSR count). The molecule has 1 heterocycles. The maximum absolute atomic E-state index is 14.0. The molecule has 138 valence electrons. The fourth-order valence-corrected chi connectivity index (χ4v) is 4.17. The normalized spacial score (nSPS) is 25.8. The van der Waals surface area contributed by atoms with Crippen molar-refractivity contribution in [2.45, 2.75) is 45.3 Å². The largest absolute Gasteiger partial charge is 0.444 e. The van der Waals surface area contributed by atoms with E-state index in [4.69, 9.17) is 4.74 Å². The first-order valence-corrected chi connectivity index (χ1v) is 9.60. The summed E-state index contributed by atoms with van der Waals surface area (Å²) in [6, 6.07) is 3.26. The van der Waals surface area contributed by atoms with E-state index in [1.54, 1.807) is 39.6 Å². The maximum atomic E-state index is 14.0. The molecule has 3 atom stereocenters. The molecule has 7 heteroatoms. The van der Waals surface area contributed by atoms with Gasteiger partial charge in [0.2, 0.25) is 0 Å². The number of hydrogen-bond acceptors (Lipinski definition) is 3. The van der Waals surface area contributed by atoms with Crippen molar-refractivity contribution < 1.29 is 18.3 Å². The van der Waals surface area contributed by atoms with Crippen molar-refractivity contribution in [1.29, 1.82) is 0 Å². The Labute approximate surface area is 160 Å². The van der Waals surface area contributed by atoms with Crippen LogP contribution in [-0.4, -0.2) is 35.7 Å². The minimum absolute atomic E-state index is 0.102. The monoisotopic (exact) mass is 464 g/mol. The molecule has 0 radical (unpaired) electrons. The van der Waals surface area contributed by atoms with E-state index in [1.165, 1.54) is 0 Å². The van der Waals surface area contributed by atoms with E-state index in [-0.39, 0.29) is 21.4 Å². The Kier molecular flexibility index (Phi) is 5.14. The molecule has 0 spiro atoms. The Hall–Kier alpha value is -1.12. The summed E-state index contributed by atoms with van der Waals surface area (Å²) >= 11 is 1.78. The van der Waals surface area contributed by atoms with Crippen LogP contribution in [0.3, 0.4) is 0 Å². The summed E-state index contributed by atoms with van der Waals surface area (Å²) in [5.41, 5.74) is -0.280. The number of rotatable bonds is 2. The Bertz CT molecular complexity index is 664. The second-order valence-corrected chi connectivity index (χ2v) is 9.10. The van der Waals surface area contributed by atoms with Gasteiger partial charge >= 0.3 is 6.09 Å². The van der Waals surface area contributed by atoms with Crippen LogP contribution < -0.4 is 5.32 Å². The van der Waals surface area contributed by atoms with E-state index in [0.29, 0.717) is 24.9 Å². The topological polar surface area (TPSA) is 41.6 Å². The second-order valence-electron chi connectivity index (χ2n) is 7.94. The Morgan fingerprint density at radius 2 is 1.80 bits per heavy atom. The van der Waals surface area contributed by atoms with Crippen LogP contribution in [0.2, 0.25) is 0 Å². The zero-order chi connectivity index (χ0) is 18.4. The zero-order valence-corrected chi connectivity index (χ0v) is 16.8. The summed E-state index contributed by atoms with van der Waals surface area (Å²) in [5, 5.41) is 3.14. The number of anilines is 1. The smallest absolute Gasteiger partial charge is 0.410 e. The van der Waals surface area contributed by atoms with Gasteiger partial charge in [0, 0.05) is 19.1 Å². The van der Waals surface area contributed by atoms with Gasteiger partial charge in [0.15, 0.2) is 11.6 Å². The summed E-state index contributed by atoms with van der Waals surface area (Å²) in [4.78, 5) is 13.9. The molecule has 0 bridgehead atoms. The summed E-state index contributed by atoms with van der Waals surface area (Å²) in [6.45, 7) is 6.91. The lowest BCUT2D eigenvalue weighted by molar-refractivity contribution is 0.0280. The van der Waals surface area contributed by atoms with Crippen molar-refractivity contribution in [1.82, 2.24) is 4.90 Å². The summed E-state index contributed by atoms with van der Waals surface area (Å²) < 4.78 is 33.4. The number of benzene rings is 1. The zero-order valence-electron chi connectivity index (χ0n) is 14.6. The number of carbonyl (C=O) groups excluding carboxylic acids is 1. The molecule has 0 aromatic heterocycles. The molecule has 4 nitrogen and oxygen atoms in total. The third kappa shape index (κ3) is 4.17. The van der Waals surface area contributed by atoms with Crippen LogP contribution in [0.4, 0.5) is 19.3 Å². The number of carbonyl (C=O) groups is 1. The van der Waals surface area contributed by atoms with Crippen LogP contribution in [0.15, 0.2) is 12.1 Å². The van der Waals surface area contributed by atoms with Crippen molar-refractivity contribution in [2.24, 2.45) is 11.8 Å². The third-order valence-corrected chi connectivity index (χ3v) is 5.63. The van der Waals surface area contributed by atoms with Crippen molar-refractivity contribution in [3.05, 3.63) is 27.3 Å². The van der Waals surface area contributed by atoms with Gasteiger partial charge < -0.3 is 15.0 Å². The van der Waals surface area contributed by atoms with Gasteiger partial charge in [-0.25, -0.2) is 13.6 Å². The average molecular weight is 464 g/mol. The van der Waals surface area contributed by atoms with Crippen LogP contribution in [-0.2, 0) is 4.74 Å². The molecule has 1 saturated carbocycles. The number of fused-ring (bicyclic) bond motifs is 1. The van der Waals surface area contributed by atoms with Gasteiger partial charge in [-0.1, -0.05) is 0 Å². The van der Waals surface area contributed by atoms with Crippen LogP contribution in [0.25, 0.3) is 0 Å². The first-order valence-electron chi connectivity index (χ1n) is 8.52. The highest BCUT2D eigenvalue weighted by Crippen LogP contribution is 2.40. The van der Waals surface area contributed by atoms with Gasteiger partial charge in [0.05, 0.1) is 9.26 Å². The van der Waals surface area contributed by atoms with E-state index < -0.39 is 17.2 Å². The van der Waals surface area contributed by atoms with Crippen LogP contribution in [0.1, 0.15) is 33.6 Å². The quantitative estimate of drug-likeness (QED) is 0.513. The molecule has 2 fully saturated rings. The van der Waals surface area contributed by atoms with Gasteiger partial charge in [0.25, 0.3) is 0 Å². The molecular weight excluding hydrogens is 441 g/mol. The van der Waals surface area contributed by atoms with Crippen molar-refractivity contribution in [2.75, 3.05) is 18.4 Å². The van der Waals surface area contributed by atoms with E-state index in [0.717, 1.165) is 12.8 Å². The SMILES string of the molecule is CC(C)(C)OC(=O)N1C[C@H]2CC(Nc3ccc(I)c(F)c3F)C[C@H]2C1. The first-order chi connectivity index (χ1) is 11.6. The van der Waals surface area contributed by atoms with Gasteiger partial charge in [-0.15, -0.1) is 0 Å². The first kappa shape index (κ1) is 18.7. The molecule has 1 aliphatic heterocycles. The average Bonchev–Trinajstić information content (AvgIpc) is 3.04. The van der Waals surface area contributed by atoms with Gasteiger partial charge in [-0.2, -0.15) is 0 Å². The standard InChI is InChI=1S/C18H23F2IN2O2/c1-18(2,3)25-17(24)23-8-10-6-12(7-11(10)9-23)22-14-5-4-13(21)15(19)16(14)20/h4-5,10-12,22H,6-9H2,1-3H3/t10-,11+,12?. The van der Waals surface area contributed by atoms with Gasteiger partial charge in [-0.3, -0.25) is 0 Å². The van der Waals surface area contributed by atoms with Crippen molar-refractivity contribution >= 4 is 34.4 Å². The highest BCUT2D eigenvalue weighted by Gasteiger charge is 2.43. The molecule has 1 saturated heterocycles. The molecule has 25 heavy (non-hydrogen) atoms. The lowest BCUT2D eigenvalue weighted by Crippen LogP contribution is -2.36. The fraction of sp³-hybridized carbons (Fsp3) is 0.611. The predicted octanol–water partition coefficient (Wildman–Crippen LogP) is 4.63. The molecular formula is C18H23F2IN2O2. The van der Waals surface area contributed by atoms with Crippen LogP contribution in [0.5, 0.6) is 0 Å². The van der Waals surface area contributed by atoms with Crippen molar-refractivity contribution in [3.8, 4) is 0 Å². The van der Waals surface area contributed by atoms with Crippen LogP contribution in [0, 0.1) is 27.0 Å². The molecule has 1 amide bonds. The Morgan fingerprint density at radius 3 is 2.36 bits per heavy atom. The molecule has 1 N–H and O–H groups in total. The van der Waals surface area contributed by atoms with E-state index in [9.17, 15) is 13.6 Å². The van der Waals surface area contributed by atoms with Gasteiger partial charge in [-0.05, 0) is 80.2 Å². The van der Waals surface area contributed by atoms with Gasteiger partial charge in [0.1, 0.15) is 5.60 Å². The van der Waals surface area contributed by atoms with E-state index >= 15 is 0 Å². The lowest BCUT2D eigenvalue weighted by Gasteiger charge is -2.25. The fourth-order valence-electron chi connectivity index (χ4n) is 3.75. The van der Waals surface area contributed by atoms with E-state index in [2.05, 4.69) is 5.32 Å². The minimum atomic E-state index is -0.820. The Balaban J connectivity index is 1.57. The predicted molar refractivity (Wildman–Crippen MR) is 101 cm³/mol. The second kappa shape index (κ2) is 6.89. The summed E-state index contributed by atoms with van der Waals surface area (Å²) in [7, 11) is 0. The summed E-state index contributed by atoms with van der Waals surface area (Å²) in [6.07, 6.45) is 1.42. The number of nitrogens with one attached hydrogen (secondary N) is 1. The molecule has 1 aromatic rings. The number of amides is 1. The molecule has 1 unspecified atom stereocenters.